The fraction of sp³-hybridized carbons (Fsp3) is 0.208. The number of aliphatic imine (C=N–C) groups is 1. The maximum atomic E-state index is 13.2. The van der Waals surface area contributed by atoms with Crippen molar-refractivity contribution in [2.45, 2.75) is 0 Å². The van der Waals surface area contributed by atoms with Crippen LogP contribution in [0.5, 0.6) is 11.5 Å². The normalized spacial score (nSPS) is 14.6. The van der Waals surface area contributed by atoms with Crippen LogP contribution < -0.4 is 9.47 Å². The molecule has 0 atom stereocenters. The summed E-state index contributed by atoms with van der Waals surface area (Å²) < 4.78 is 10.5. The van der Waals surface area contributed by atoms with Gasteiger partial charge in [0.25, 0.3) is 17.5 Å². The smallest absolute Gasteiger partial charge is 0.282 e. The molecule has 2 heterocycles. The highest BCUT2D eigenvalue weighted by Gasteiger charge is 2.33. The van der Waals surface area contributed by atoms with Gasteiger partial charge in [-0.05, 0) is 43.7 Å². The highest BCUT2D eigenvalue weighted by molar-refractivity contribution is 6.26. The predicted molar refractivity (Wildman–Crippen MR) is 124 cm³/mol. The number of carbonyl (C=O) groups excluding carboxylic acids is 2. The van der Waals surface area contributed by atoms with E-state index in [4.69, 9.17) is 9.47 Å². The van der Waals surface area contributed by atoms with Gasteiger partial charge in [0.1, 0.15) is 0 Å². The Balaban J connectivity index is 1.57. The van der Waals surface area contributed by atoms with E-state index in [2.05, 4.69) is 4.99 Å². The van der Waals surface area contributed by atoms with E-state index in [0.717, 1.165) is 0 Å². The first kappa shape index (κ1) is 21.5. The van der Waals surface area contributed by atoms with Crippen LogP contribution in [-0.2, 0) is 0 Å². The van der Waals surface area contributed by atoms with Gasteiger partial charge >= 0.3 is 0 Å². The minimum Gasteiger partial charge on any atom is -0.454 e. The maximum Gasteiger partial charge on any atom is 0.282 e. The molecule has 0 unspecified atom stereocenters. The molecule has 10 nitrogen and oxygen atoms in total. The summed E-state index contributed by atoms with van der Waals surface area (Å²) in [5.74, 6) is -0.00559. The minimum absolute atomic E-state index is 0.00535. The Hall–Kier alpha value is -4.31. The van der Waals surface area contributed by atoms with Crippen molar-refractivity contribution < 1.29 is 24.0 Å². The van der Waals surface area contributed by atoms with Crippen molar-refractivity contribution in [3.8, 4) is 11.5 Å². The molecule has 34 heavy (non-hydrogen) atoms. The topological polar surface area (TPSA) is 115 Å². The van der Waals surface area contributed by atoms with E-state index in [1.165, 1.54) is 23.2 Å². The number of nitro benzene ring substituents is 1. The second-order valence-electron chi connectivity index (χ2n) is 8.24. The van der Waals surface area contributed by atoms with Crippen LogP contribution in [0.2, 0.25) is 0 Å². The summed E-state index contributed by atoms with van der Waals surface area (Å²) in [6.07, 6.45) is 1.36. The molecule has 172 valence electrons. The summed E-state index contributed by atoms with van der Waals surface area (Å²) in [6.45, 7) is 0.792. The summed E-state index contributed by atoms with van der Waals surface area (Å²) in [5.41, 5.74) is 1.34. The van der Waals surface area contributed by atoms with Crippen LogP contribution in [0.15, 0.2) is 47.5 Å². The molecule has 3 aromatic carbocycles. The van der Waals surface area contributed by atoms with Gasteiger partial charge in [-0.25, -0.2) is 0 Å². The van der Waals surface area contributed by atoms with Gasteiger partial charge < -0.3 is 14.4 Å². The Morgan fingerprint density at radius 1 is 1.09 bits per heavy atom. The largest absolute Gasteiger partial charge is 0.454 e. The van der Waals surface area contributed by atoms with Gasteiger partial charge in [0.15, 0.2) is 11.5 Å². The van der Waals surface area contributed by atoms with E-state index in [1.54, 1.807) is 30.3 Å². The molecule has 2 amide bonds. The monoisotopic (exact) mass is 460 g/mol. The Bertz CT molecular complexity index is 1400. The maximum absolute atomic E-state index is 13.2. The number of ether oxygens (including phenoxy) is 2. The Morgan fingerprint density at radius 2 is 1.82 bits per heavy atom. The molecular weight excluding hydrogens is 440 g/mol. The van der Waals surface area contributed by atoms with E-state index in [1.807, 2.05) is 19.0 Å². The van der Waals surface area contributed by atoms with Gasteiger partial charge in [-0.15, -0.1) is 0 Å². The highest BCUT2D eigenvalue weighted by Crippen LogP contribution is 2.38. The molecule has 0 bridgehead atoms. The lowest BCUT2D eigenvalue weighted by Gasteiger charge is -2.28. The summed E-state index contributed by atoms with van der Waals surface area (Å²) in [6, 6.07) is 11.4. The molecular formula is C24H20N4O6. The number of fused-ring (bicyclic) bond motifs is 1. The second-order valence-corrected chi connectivity index (χ2v) is 8.24. The van der Waals surface area contributed by atoms with Crippen LogP contribution in [0.3, 0.4) is 0 Å². The molecule has 3 aromatic rings. The average molecular weight is 460 g/mol. The van der Waals surface area contributed by atoms with Crippen molar-refractivity contribution in [2.75, 3.05) is 34.0 Å². The number of hydrogen-bond donors (Lipinski definition) is 0. The van der Waals surface area contributed by atoms with Gasteiger partial charge in [0.2, 0.25) is 6.79 Å². The van der Waals surface area contributed by atoms with E-state index in [9.17, 15) is 19.7 Å². The molecule has 5 rings (SSSR count). The number of nitro groups is 1. The van der Waals surface area contributed by atoms with Crippen LogP contribution in [0.4, 0.5) is 11.4 Å². The van der Waals surface area contributed by atoms with Crippen LogP contribution >= 0.6 is 0 Å². The zero-order valence-electron chi connectivity index (χ0n) is 18.5. The summed E-state index contributed by atoms with van der Waals surface area (Å²) in [7, 11) is 3.74. The lowest BCUT2D eigenvalue weighted by molar-refractivity contribution is -0.385. The second kappa shape index (κ2) is 8.23. The zero-order valence-corrected chi connectivity index (χ0v) is 18.5. The van der Waals surface area contributed by atoms with Crippen molar-refractivity contribution >= 4 is 40.2 Å². The molecule has 0 saturated carbocycles. The predicted octanol–water partition coefficient (Wildman–Crippen LogP) is 3.38. The van der Waals surface area contributed by atoms with Gasteiger partial charge in [-0.3, -0.25) is 29.6 Å². The Kier molecular flexibility index (Phi) is 5.21. The number of rotatable bonds is 6. The van der Waals surface area contributed by atoms with Gasteiger partial charge in [0, 0.05) is 30.3 Å². The molecule has 10 heteroatoms. The lowest BCUT2D eigenvalue weighted by Crippen LogP contribution is -2.43. The highest BCUT2D eigenvalue weighted by atomic mass is 16.7. The first-order valence-electron chi connectivity index (χ1n) is 10.5. The number of carbonyl (C=O) groups is 2. The van der Waals surface area contributed by atoms with Crippen LogP contribution in [-0.4, -0.2) is 66.7 Å². The lowest BCUT2D eigenvalue weighted by atomic mass is 9.93. The quantitative estimate of drug-likeness (QED) is 0.240. The van der Waals surface area contributed by atoms with Crippen molar-refractivity contribution in [3.63, 3.8) is 0 Å². The molecule has 0 N–H and O–H groups in total. The molecule has 0 saturated heterocycles. The number of amides is 2. The fourth-order valence-corrected chi connectivity index (χ4v) is 4.07. The van der Waals surface area contributed by atoms with Crippen molar-refractivity contribution in [1.29, 1.82) is 0 Å². The molecule has 0 radical (unpaired) electrons. The first-order chi connectivity index (χ1) is 16.3. The van der Waals surface area contributed by atoms with Crippen LogP contribution in [0.1, 0.15) is 26.3 Å². The van der Waals surface area contributed by atoms with E-state index in [0.29, 0.717) is 45.6 Å². The minimum atomic E-state index is -0.516. The summed E-state index contributed by atoms with van der Waals surface area (Å²) in [4.78, 5) is 44.8. The number of likely N-dealkylation sites (N-methyl/N-ethyl adjacent to an activating group) is 1. The SMILES string of the molecule is CN(C)CCN1C(=O)c2cccc3cc(N=Cc4cc5c(cc4[N+](=O)[O-])OCO5)cc(c23)C1=O. The van der Waals surface area contributed by atoms with E-state index < -0.39 is 4.92 Å². The van der Waals surface area contributed by atoms with Gasteiger partial charge in [-0.2, -0.15) is 0 Å². The fourth-order valence-electron chi connectivity index (χ4n) is 4.07. The third kappa shape index (κ3) is 3.63. The summed E-state index contributed by atoms with van der Waals surface area (Å²) >= 11 is 0. The molecule has 2 aliphatic heterocycles. The van der Waals surface area contributed by atoms with Crippen LogP contribution in [0.25, 0.3) is 10.8 Å². The van der Waals surface area contributed by atoms with Gasteiger partial charge in [0.05, 0.1) is 27.8 Å². The third-order valence-corrected chi connectivity index (χ3v) is 5.75. The first-order valence-corrected chi connectivity index (χ1v) is 10.5. The van der Waals surface area contributed by atoms with E-state index in [-0.39, 0.29) is 36.4 Å². The number of hydrogen-bond acceptors (Lipinski definition) is 8. The Labute approximate surface area is 194 Å². The summed E-state index contributed by atoms with van der Waals surface area (Å²) in [5, 5.41) is 12.8. The molecule has 2 aliphatic rings. The third-order valence-electron chi connectivity index (χ3n) is 5.75. The van der Waals surface area contributed by atoms with Crippen molar-refractivity contribution in [1.82, 2.24) is 9.80 Å². The molecule has 0 aliphatic carbocycles. The number of benzene rings is 3. The molecule has 0 fully saturated rings. The standard InChI is InChI=1S/C24H20N4O6/c1-26(2)6-7-27-23(29)17-5-3-4-14-8-16(10-18(22(14)17)24(27)30)25-12-15-9-20-21(34-13-33-20)11-19(15)28(31)32/h3-5,8-12H,6-7,13H2,1-2H3. The Morgan fingerprint density at radius 3 is 2.56 bits per heavy atom. The number of imide groups is 1. The van der Waals surface area contributed by atoms with Gasteiger partial charge in [-0.1, -0.05) is 12.1 Å². The zero-order chi connectivity index (χ0) is 24.0. The number of nitrogens with zero attached hydrogens (tertiary/aromatic N) is 4. The molecule has 0 aromatic heterocycles. The average Bonchev–Trinajstić information content (AvgIpc) is 3.27. The molecule has 0 spiro atoms. The van der Waals surface area contributed by atoms with Crippen molar-refractivity contribution in [2.24, 2.45) is 4.99 Å². The van der Waals surface area contributed by atoms with Crippen LogP contribution in [0, 0.1) is 10.1 Å². The van der Waals surface area contributed by atoms with E-state index >= 15 is 0 Å². The van der Waals surface area contributed by atoms with Crippen molar-refractivity contribution in [3.05, 3.63) is 69.3 Å².